The number of nitrogens with one attached hydrogen (secondary N) is 2. The fourth-order valence-electron chi connectivity index (χ4n) is 4.02. The molecule has 1 atom stereocenters. The highest BCUT2D eigenvalue weighted by Gasteiger charge is 2.14. The van der Waals surface area contributed by atoms with E-state index in [0.29, 0.717) is 0 Å². The van der Waals surface area contributed by atoms with Gasteiger partial charge in [-0.25, -0.2) is 0 Å². The van der Waals surface area contributed by atoms with Crippen LogP contribution in [0.2, 0.25) is 5.02 Å². The number of fused-ring (bicyclic) bond motifs is 1. The Kier molecular flexibility index (Phi) is 10.8. The van der Waals surface area contributed by atoms with E-state index in [4.69, 9.17) is 26.6 Å². The van der Waals surface area contributed by atoms with Gasteiger partial charge in [0.05, 0.1) is 23.6 Å². The summed E-state index contributed by atoms with van der Waals surface area (Å²) in [6.07, 6.45) is 1.48. The van der Waals surface area contributed by atoms with Crippen LogP contribution >= 0.6 is 11.6 Å². The molecule has 196 valence electrons. The molecule has 1 aliphatic heterocycles. The number of halogens is 1. The molecule has 0 fully saturated rings. The fraction of sp³-hybridized carbons (Fsp3) is 0.310. The first kappa shape index (κ1) is 28.0. The summed E-state index contributed by atoms with van der Waals surface area (Å²) in [4.78, 5) is 19.3. The summed E-state index contributed by atoms with van der Waals surface area (Å²) in [6.45, 7) is 4.82. The quantitative estimate of drug-likeness (QED) is 0.283. The van der Waals surface area contributed by atoms with E-state index < -0.39 is 11.9 Å². The number of rotatable bonds is 9. The van der Waals surface area contributed by atoms with Crippen molar-refractivity contribution in [1.29, 1.82) is 0 Å². The van der Waals surface area contributed by atoms with Gasteiger partial charge in [-0.15, -0.1) is 0 Å². The lowest BCUT2D eigenvalue weighted by atomic mass is 10.0. The molecule has 1 heterocycles. The Labute approximate surface area is 222 Å². The van der Waals surface area contributed by atoms with E-state index in [1.54, 1.807) is 0 Å². The lowest BCUT2D eigenvalue weighted by Gasteiger charge is -2.17. The summed E-state index contributed by atoms with van der Waals surface area (Å²) in [5, 5.41) is 23.6. The number of ether oxygens (including phenoxy) is 1. The van der Waals surface area contributed by atoms with Crippen LogP contribution in [0.25, 0.3) is 0 Å². The molecule has 0 aliphatic carbocycles. The number of aliphatic carboxylic acids is 2. The van der Waals surface area contributed by atoms with Gasteiger partial charge in [0.1, 0.15) is 11.9 Å². The predicted octanol–water partition coefficient (Wildman–Crippen LogP) is 5.72. The molecule has 1 unspecified atom stereocenters. The van der Waals surface area contributed by atoms with Crippen LogP contribution < -0.4 is 15.4 Å². The van der Waals surface area contributed by atoms with Gasteiger partial charge in [0, 0.05) is 6.54 Å². The topological polar surface area (TPSA) is 108 Å². The van der Waals surface area contributed by atoms with Gasteiger partial charge in [-0.2, -0.15) is 0 Å². The minimum Gasteiger partial charge on any atom is -0.486 e. The smallest absolute Gasteiger partial charge is 0.303 e. The highest BCUT2D eigenvalue weighted by molar-refractivity contribution is 6.33. The Morgan fingerprint density at radius 1 is 0.946 bits per heavy atom. The van der Waals surface area contributed by atoms with Gasteiger partial charge in [0.25, 0.3) is 0 Å². The number of carboxylic acid groups (broad SMARTS) is 2. The molecular weight excluding hydrogens is 492 g/mol. The number of benzene rings is 3. The Balaban J connectivity index is 0.000000414. The van der Waals surface area contributed by atoms with Gasteiger partial charge in [-0.3, -0.25) is 9.59 Å². The summed E-state index contributed by atoms with van der Waals surface area (Å²) >= 11 is 6.52. The average molecular weight is 525 g/mol. The third kappa shape index (κ3) is 9.12. The first-order valence-electron chi connectivity index (χ1n) is 12.3. The number of carboxylic acids is 2. The number of anilines is 1. The van der Waals surface area contributed by atoms with Crippen LogP contribution in [0.1, 0.15) is 48.1 Å². The minimum absolute atomic E-state index is 0.0207. The van der Waals surface area contributed by atoms with Gasteiger partial charge >= 0.3 is 11.9 Å². The molecule has 0 saturated carbocycles. The molecule has 7 nitrogen and oxygen atoms in total. The van der Waals surface area contributed by atoms with Crippen molar-refractivity contribution in [1.82, 2.24) is 5.32 Å². The van der Waals surface area contributed by atoms with E-state index in [1.165, 1.54) is 22.3 Å². The normalized spacial score (nSPS) is 13.2. The molecular formula is C29H33ClN2O5. The third-order valence-corrected chi connectivity index (χ3v) is 6.32. The summed E-state index contributed by atoms with van der Waals surface area (Å²) in [5.41, 5.74) is 6.18. The fourth-order valence-corrected chi connectivity index (χ4v) is 4.27. The monoisotopic (exact) mass is 524 g/mol. The van der Waals surface area contributed by atoms with Crippen molar-refractivity contribution in [3.05, 3.63) is 94.0 Å². The third-order valence-electron chi connectivity index (χ3n) is 6.01. The lowest BCUT2D eigenvalue weighted by molar-refractivity contribution is -0.143. The molecule has 8 heteroatoms. The van der Waals surface area contributed by atoms with Crippen molar-refractivity contribution in [2.45, 2.75) is 45.3 Å². The van der Waals surface area contributed by atoms with Gasteiger partial charge in [0.2, 0.25) is 0 Å². The Morgan fingerprint density at radius 2 is 1.59 bits per heavy atom. The van der Waals surface area contributed by atoms with Crippen molar-refractivity contribution in [3.8, 4) is 5.75 Å². The van der Waals surface area contributed by atoms with Gasteiger partial charge < -0.3 is 25.6 Å². The second kappa shape index (κ2) is 14.3. The zero-order valence-corrected chi connectivity index (χ0v) is 21.6. The van der Waals surface area contributed by atoms with E-state index in [-0.39, 0.29) is 18.9 Å². The Bertz CT molecular complexity index is 1150. The summed E-state index contributed by atoms with van der Waals surface area (Å²) in [5.74, 6) is -1.28. The summed E-state index contributed by atoms with van der Waals surface area (Å²) in [7, 11) is 0. The van der Waals surface area contributed by atoms with Crippen LogP contribution in [-0.2, 0) is 29.0 Å². The number of carbonyl (C=O) groups is 2. The van der Waals surface area contributed by atoms with Crippen LogP contribution in [0.5, 0.6) is 5.75 Å². The first-order valence-corrected chi connectivity index (χ1v) is 12.7. The predicted molar refractivity (Wildman–Crippen MR) is 145 cm³/mol. The van der Waals surface area contributed by atoms with Crippen molar-refractivity contribution in [2.75, 3.05) is 18.4 Å². The molecule has 4 rings (SSSR count). The summed E-state index contributed by atoms with van der Waals surface area (Å²) < 4.78 is 6.08. The van der Waals surface area contributed by atoms with Crippen molar-refractivity contribution in [2.24, 2.45) is 0 Å². The van der Waals surface area contributed by atoms with Crippen molar-refractivity contribution < 1.29 is 24.5 Å². The Hall–Kier alpha value is -3.55. The minimum atomic E-state index is -1.08. The number of hydrogen-bond donors (Lipinski definition) is 4. The van der Waals surface area contributed by atoms with Crippen LogP contribution in [-0.4, -0.2) is 35.2 Å². The van der Waals surface area contributed by atoms with E-state index in [9.17, 15) is 9.59 Å². The summed E-state index contributed by atoms with van der Waals surface area (Å²) in [6, 6.07) is 22.7. The van der Waals surface area contributed by atoms with Crippen LogP contribution in [0.15, 0.2) is 66.7 Å². The van der Waals surface area contributed by atoms with E-state index in [2.05, 4.69) is 47.9 Å². The second-order valence-corrected chi connectivity index (χ2v) is 9.17. The standard InChI is InChI=1S/C25H27ClN2O.C4H6O4/c1-18(20-5-3-2-4-6-20)29-22-10-7-19(8-11-22)17-28-25-23-14-16-27-15-13-21(23)9-12-24(25)26;5-3(6)1-2-4(7)8/h2-12,18,27-28H,13-17H2,1H3;1-2H2,(H,5,6)(H,7,8). The zero-order chi connectivity index (χ0) is 26.6. The van der Waals surface area contributed by atoms with E-state index >= 15 is 0 Å². The zero-order valence-electron chi connectivity index (χ0n) is 20.9. The SMILES string of the molecule is CC(Oc1ccc(CNc2c(Cl)ccc3c2CCNCC3)cc1)c1ccccc1.O=C(O)CCC(=O)O. The second-order valence-electron chi connectivity index (χ2n) is 8.77. The molecule has 0 aromatic heterocycles. The van der Waals surface area contributed by atoms with Crippen LogP contribution in [0, 0.1) is 0 Å². The highest BCUT2D eigenvalue weighted by atomic mass is 35.5. The van der Waals surface area contributed by atoms with E-state index in [0.717, 1.165) is 48.9 Å². The average Bonchev–Trinajstić information content (AvgIpc) is 3.14. The van der Waals surface area contributed by atoms with Crippen molar-refractivity contribution in [3.63, 3.8) is 0 Å². The largest absolute Gasteiger partial charge is 0.486 e. The van der Waals surface area contributed by atoms with Crippen LogP contribution in [0.3, 0.4) is 0 Å². The molecule has 3 aromatic rings. The lowest BCUT2D eigenvalue weighted by Crippen LogP contribution is -2.16. The molecule has 0 saturated heterocycles. The molecule has 3 aromatic carbocycles. The molecule has 1 aliphatic rings. The Morgan fingerprint density at radius 3 is 2.24 bits per heavy atom. The molecule has 0 spiro atoms. The van der Waals surface area contributed by atoms with Crippen molar-refractivity contribution >= 4 is 29.2 Å². The molecule has 37 heavy (non-hydrogen) atoms. The first-order chi connectivity index (χ1) is 17.8. The number of hydrogen-bond acceptors (Lipinski definition) is 5. The highest BCUT2D eigenvalue weighted by Crippen LogP contribution is 2.31. The van der Waals surface area contributed by atoms with Gasteiger partial charge in [-0.1, -0.05) is 60.1 Å². The molecule has 0 amide bonds. The maximum absolute atomic E-state index is 9.64. The van der Waals surface area contributed by atoms with E-state index in [1.807, 2.05) is 36.4 Å². The van der Waals surface area contributed by atoms with Gasteiger partial charge in [0.15, 0.2) is 0 Å². The maximum atomic E-state index is 9.64. The molecule has 0 bridgehead atoms. The maximum Gasteiger partial charge on any atom is 0.303 e. The van der Waals surface area contributed by atoms with Gasteiger partial charge in [-0.05, 0) is 73.3 Å². The van der Waals surface area contributed by atoms with Crippen LogP contribution in [0.4, 0.5) is 5.69 Å². The molecule has 0 radical (unpaired) electrons. The molecule has 4 N–H and O–H groups in total.